The van der Waals surface area contributed by atoms with Crippen LogP contribution in [0.2, 0.25) is 5.02 Å². The largest absolute Gasteiger partial charge is 0.490 e. The van der Waals surface area contributed by atoms with Crippen LogP contribution in [0.4, 0.5) is 0 Å². The van der Waals surface area contributed by atoms with Crippen LogP contribution >= 0.6 is 34.3 Å². The summed E-state index contributed by atoms with van der Waals surface area (Å²) in [5.74, 6) is 0.706. The first-order chi connectivity index (χ1) is 34.3. The number of halogens is 1. The van der Waals surface area contributed by atoms with E-state index in [0.29, 0.717) is 29.4 Å². The number of nitrogens with one attached hydrogen (secondary N) is 3. The molecule has 0 spiro atoms. The fraction of sp³-hybridized carbons (Fsp3) is 0.407. The molecule has 2 aliphatic heterocycles. The number of amides is 4. The molecule has 5 atom stereocenters. The van der Waals surface area contributed by atoms with Crippen LogP contribution in [-0.2, 0) is 25.6 Å². The second-order valence-corrected chi connectivity index (χ2v) is 22.8. The summed E-state index contributed by atoms with van der Waals surface area (Å²) in [5.41, 5.74) is 8.58. The summed E-state index contributed by atoms with van der Waals surface area (Å²) in [6.45, 7) is 15.5. The van der Waals surface area contributed by atoms with Crippen LogP contribution in [0.3, 0.4) is 0 Å². The zero-order valence-electron chi connectivity index (χ0n) is 41.7. The summed E-state index contributed by atoms with van der Waals surface area (Å²) in [6.07, 6.45) is 0.466. The molecule has 15 nitrogen and oxygen atoms in total. The van der Waals surface area contributed by atoms with E-state index in [9.17, 15) is 24.3 Å². The number of thiophene rings is 1. The van der Waals surface area contributed by atoms with Gasteiger partial charge >= 0.3 is 0 Å². The van der Waals surface area contributed by atoms with Crippen molar-refractivity contribution in [1.82, 2.24) is 40.6 Å². The third-order valence-electron chi connectivity index (χ3n) is 13.8. The van der Waals surface area contributed by atoms with Crippen molar-refractivity contribution in [3.8, 4) is 21.2 Å². The summed E-state index contributed by atoms with van der Waals surface area (Å²) >= 11 is 9.51. The Kier molecular flexibility index (Phi) is 14.6. The summed E-state index contributed by atoms with van der Waals surface area (Å²) in [4.78, 5) is 68.5. The third kappa shape index (κ3) is 10.8. The SMILES string of the molecule is Cc1ncsc1-c1ccc([C@H](C)NC(=O)[C@@H]2C[C@@H](O)CN2C(=O)[C@@H](NC(=O)Cc2ccc(O[C@H]3C[C@@H](NC(=O)C[C@@H]4N=C(c5ccc(Cl)cc5)c5c(sc(C)c5C)-n5c(C)nnc54)C3)cc2)C(C)(C)C)cc1. The molecule has 376 valence electrons. The molecule has 0 unspecified atom stereocenters. The van der Waals surface area contributed by atoms with Crippen LogP contribution < -0.4 is 20.7 Å². The maximum Gasteiger partial charge on any atom is 0.246 e. The average Bonchev–Trinajstić information content (AvgIpc) is 4.10. The molecule has 0 bridgehead atoms. The number of aliphatic hydroxyl groups excluding tert-OH is 1. The van der Waals surface area contributed by atoms with Crippen LogP contribution in [-0.4, -0.2) is 96.0 Å². The van der Waals surface area contributed by atoms with E-state index in [1.807, 2.05) is 124 Å². The monoisotopic (exact) mass is 1030 g/mol. The Morgan fingerprint density at radius 3 is 2.25 bits per heavy atom. The van der Waals surface area contributed by atoms with Gasteiger partial charge in [-0.3, -0.25) is 28.7 Å². The number of aliphatic imine (C=N–C) groups is 1. The van der Waals surface area contributed by atoms with Gasteiger partial charge in [0.1, 0.15) is 40.8 Å². The van der Waals surface area contributed by atoms with E-state index in [1.54, 1.807) is 22.7 Å². The molecule has 18 heteroatoms. The number of hydrogen-bond donors (Lipinski definition) is 4. The van der Waals surface area contributed by atoms with Crippen LogP contribution in [0, 0.1) is 33.1 Å². The van der Waals surface area contributed by atoms with Gasteiger partial charge in [-0.25, -0.2) is 4.98 Å². The number of β-amino-alcohol motifs (C(OH)–C–C–N with tert-alkyl or cyclic N) is 1. The average molecular weight is 1030 g/mol. The normalized spacial score (nSPS) is 20.3. The Labute approximate surface area is 432 Å². The van der Waals surface area contributed by atoms with Crippen molar-refractivity contribution in [3.05, 3.63) is 133 Å². The first kappa shape index (κ1) is 50.7. The Morgan fingerprint density at radius 2 is 1.58 bits per heavy atom. The van der Waals surface area contributed by atoms with Gasteiger partial charge in [0.2, 0.25) is 23.6 Å². The zero-order chi connectivity index (χ0) is 51.2. The zero-order valence-corrected chi connectivity index (χ0v) is 44.0. The topological polar surface area (TPSA) is 193 Å². The summed E-state index contributed by atoms with van der Waals surface area (Å²) in [7, 11) is 0. The molecule has 1 saturated heterocycles. The number of fused-ring (bicyclic) bond motifs is 3. The number of likely N-dealkylation sites (tertiary alicyclic amines) is 1. The molecule has 2 fully saturated rings. The van der Waals surface area contributed by atoms with Gasteiger partial charge in [0.05, 0.1) is 46.8 Å². The lowest BCUT2D eigenvalue weighted by Gasteiger charge is -2.36. The number of aryl methyl sites for hydroxylation is 3. The maximum absolute atomic E-state index is 14.3. The van der Waals surface area contributed by atoms with Crippen molar-refractivity contribution >= 4 is 63.6 Å². The van der Waals surface area contributed by atoms with E-state index in [2.05, 4.69) is 45.0 Å². The van der Waals surface area contributed by atoms with E-state index in [-0.39, 0.29) is 61.7 Å². The van der Waals surface area contributed by atoms with Gasteiger partial charge < -0.3 is 30.7 Å². The molecule has 0 radical (unpaired) electrons. The highest BCUT2D eigenvalue weighted by molar-refractivity contribution is 7.15. The van der Waals surface area contributed by atoms with Crippen LogP contribution in [0.15, 0.2) is 83.3 Å². The number of carbonyl (C=O) groups excluding carboxylic acids is 4. The van der Waals surface area contributed by atoms with Crippen molar-refractivity contribution in [2.75, 3.05) is 6.54 Å². The van der Waals surface area contributed by atoms with Crippen molar-refractivity contribution in [2.45, 2.75) is 130 Å². The lowest BCUT2D eigenvalue weighted by atomic mass is 9.85. The third-order valence-corrected chi connectivity index (χ3v) is 16.3. The molecule has 9 rings (SSSR count). The van der Waals surface area contributed by atoms with Crippen molar-refractivity contribution in [3.63, 3.8) is 0 Å². The van der Waals surface area contributed by atoms with Crippen LogP contribution in [0.5, 0.6) is 5.75 Å². The fourth-order valence-electron chi connectivity index (χ4n) is 9.67. The number of nitrogens with zero attached hydrogens (tertiary/aromatic N) is 6. The molecule has 4 N–H and O–H groups in total. The minimum atomic E-state index is -0.959. The highest BCUT2D eigenvalue weighted by atomic mass is 35.5. The first-order valence-electron chi connectivity index (χ1n) is 24.3. The molecular formula is C54H60ClN9O6S2. The Bertz CT molecular complexity index is 3030. The predicted octanol–water partition coefficient (Wildman–Crippen LogP) is 8.26. The van der Waals surface area contributed by atoms with E-state index >= 15 is 0 Å². The van der Waals surface area contributed by atoms with Gasteiger partial charge in [-0.15, -0.1) is 32.9 Å². The highest BCUT2D eigenvalue weighted by Crippen LogP contribution is 2.40. The second-order valence-electron chi connectivity index (χ2n) is 20.3. The van der Waals surface area contributed by atoms with Gasteiger partial charge in [-0.05, 0) is 86.6 Å². The van der Waals surface area contributed by atoms with E-state index in [4.69, 9.17) is 21.3 Å². The molecule has 1 aliphatic carbocycles. The number of rotatable bonds is 14. The van der Waals surface area contributed by atoms with E-state index in [1.165, 1.54) is 9.78 Å². The van der Waals surface area contributed by atoms with Crippen molar-refractivity contribution < 1.29 is 29.0 Å². The minimum Gasteiger partial charge on any atom is -0.490 e. The van der Waals surface area contributed by atoms with Crippen LogP contribution in [0.1, 0.15) is 115 Å². The van der Waals surface area contributed by atoms with Gasteiger partial charge in [0.25, 0.3) is 0 Å². The molecule has 3 aliphatic rings. The number of aromatic nitrogens is 4. The first-order valence-corrected chi connectivity index (χ1v) is 26.4. The van der Waals surface area contributed by atoms with Gasteiger partial charge in [-0.1, -0.05) is 80.9 Å². The maximum atomic E-state index is 14.3. The lowest BCUT2D eigenvalue weighted by molar-refractivity contribution is -0.144. The van der Waals surface area contributed by atoms with Crippen molar-refractivity contribution in [2.24, 2.45) is 10.4 Å². The summed E-state index contributed by atoms with van der Waals surface area (Å²) in [5, 5.41) is 30.5. The highest BCUT2D eigenvalue weighted by Gasteiger charge is 2.45. The van der Waals surface area contributed by atoms with Gasteiger partial charge in [0.15, 0.2) is 5.82 Å². The summed E-state index contributed by atoms with van der Waals surface area (Å²) < 4.78 is 8.29. The molecule has 5 heterocycles. The molecule has 72 heavy (non-hydrogen) atoms. The standard InChI is InChI=1S/C54H60ClN9O6S2/c1-28-31(4)72-53-46(28)47(35-15-17-37(55)18-16-35)59-42(50-62-61-32(5)64(50)53)25-45(67)58-38-22-41(23-38)70-40-19-9-33(10-20-40)21-44(66)60-49(54(6,7)8)52(69)63-26-39(65)24-43(63)51(68)57-29(2)34-11-13-36(14-12-34)48-30(3)56-27-71-48/h9-20,27,29,38-39,41-43,49,65H,21-26H2,1-8H3,(H,57,68)(H,58,67)(H,60,66)/t29-,38-,39+,41+,42-,43-,49+/m0/s1. The molecule has 6 aromatic rings. The second kappa shape index (κ2) is 20.7. The number of carbonyl (C=O) groups is 4. The van der Waals surface area contributed by atoms with Gasteiger partial charge in [-0.2, -0.15) is 0 Å². The number of hydrogen-bond acceptors (Lipinski definition) is 12. The predicted molar refractivity (Wildman–Crippen MR) is 280 cm³/mol. The molecule has 3 aromatic carbocycles. The number of ether oxygens (including phenoxy) is 1. The van der Waals surface area contributed by atoms with Gasteiger partial charge in [0, 0.05) is 52.9 Å². The van der Waals surface area contributed by atoms with E-state index < -0.39 is 35.6 Å². The van der Waals surface area contributed by atoms with Crippen LogP contribution in [0.25, 0.3) is 15.4 Å². The molecule has 4 amide bonds. The molecular weight excluding hydrogens is 970 g/mol. The number of aliphatic hydroxyl groups is 1. The summed E-state index contributed by atoms with van der Waals surface area (Å²) in [6, 6.07) is 20.0. The quantitative estimate of drug-likeness (QED) is 0.0832. The smallest absolute Gasteiger partial charge is 0.246 e. The lowest BCUT2D eigenvalue weighted by Crippen LogP contribution is -2.58. The molecule has 1 saturated carbocycles. The number of benzene rings is 3. The molecule has 3 aromatic heterocycles. The van der Waals surface area contributed by atoms with Crippen molar-refractivity contribution in [1.29, 1.82) is 0 Å². The minimum absolute atomic E-state index is 0.0126. The Hall–Kier alpha value is -6.27. The fourth-order valence-corrected chi connectivity index (χ4v) is 11.8. The van der Waals surface area contributed by atoms with E-state index in [0.717, 1.165) is 60.5 Å². The Morgan fingerprint density at radius 1 is 0.889 bits per heavy atom. The Balaban J connectivity index is 0.768. The number of thiazole rings is 1.